The minimum Gasteiger partial charge on any atom is -0.359 e. The van der Waals surface area contributed by atoms with Crippen LogP contribution < -0.4 is 5.32 Å². The van der Waals surface area contributed by atoms with Crippen LogP contribution in [0.5, 0.6) is 0 Å². The summed E-state index contributed by atoms with van der Waals surface area (Å²) in [6.07, 6.45) is 5.00. The number of rotatable bonds is 6. The second-order valence-electron chi connectivity index (χ2n) is 5.94. The zero-order valence-corrected chi connectivity index (χ0v) is 12.9. The molecule has 0 bridgehead atoms. The molecule has 2 nitrogen and oxygen atoms in total. The van der Waals surface area contributed by atoms with E-state index in [4.69, 9.17) is 4.99 Å². The average Bonchev–Trinajstić information content (AvgIpc) is 2.60. The van der Waals surface area contributed by atoms with Crippen LogP contribution in [0.4, 0.5) is 0 Å². The van der Waals surface area contributed by atoms with E-state index in [1.54, 1.807) is 0 Å². The van der Waals surface area contributed by atoms with Gasteiger partial charge in [0.2, 0.25) is 0 Å². The van der Waals surface area contributed by atoms with Crippen molar-refractivity contribution in [1.82, 2.24) is 5.32 Å². The predicted molar refractivity (Wildman–Crippen MR) is 79.9 cm³/mol. The van der Waals surface area contributed by atoms with Crippen molar-refractivity contribution < 1.29 is 0 Å². The highest BCUT2D eigenvalue weighted by atomic mass is 32.2. The molecule has 1 aliphatic heterocycles. The van der Waals surface area contributed by atoms with Crippen molar-refractivity contribution in [3.05, 3.63) is 0 Å². The quantitative estimate of drug-likeness (QED) is 0.775. The Labute approximate surface area is 111 Å². The summed E-state index contributed by atoms with van der Waals surface area (Å²) in [6, 6.07) is 0.461. The fourth-order valence-corrected chi connectivity index (χ4v) is 3.21. The fraction of sp³-hybridized carbons (Fsp3) is 0.929. The molecule has 0 aromatic heterocycles. The third kappa shape index (κ3) is 5.33. The van der Waals surface area contributed by atoms with E-state index in [-0.39, 0.29) is 5.54 Å². The van der Waals surface area contributed by atoms with Gasteiger partial charge in [0.1, 0.15) is 0 Å². The van der Waals surface area contributed by atoms with E-state index < -0.39 is 0 Å². The van der Waals surface area contributed by atoms with Crippen LogP contribution >= 0.6 is 11.8 Å². The highest BCUT2D eigenvalue weighted by Crippen LogP contribution is 2.26. The van der Waals surface area contributed by atoms with Gasteiger partial charge in [0, 0.05) is 17.3 Å². The maximum absolute atomic E-state index is 4.78. The molecule has 1 rings (SSSR count). The Morgan fingerprint density at radius 2 is 2.06 bits per heavy atom. The third-order valence-corrected chi connectivity index (χ3v) is 4.72. The smallest absolute Gasteiger partial charge is 0.157 e. The van der Waals surface area contributed by atoms with Crippen LogP contribution in [-0.2, 0) is 0 Å². The normalized spacial score (nSPS) is 28.7. The predicted octanol–water partition coefficient (Wildman–Crippen LogP) is 4.06. The Morgan fingerprint density at radius 3 is 2.59 bits per heavy atom. The van der Waals surface area contributed by atoms with Gasteiger partial charge in [-0.25, -0.2) is 0 Å². The third-order valence-electron chi connectivity index (χ3n) is 3.46. The lowest BCUT2D eigenvalue weighted by molar-refractivity contribution is 0.464. The molecular formula is C14H28N2S. The Kier molecular flexibility index (Phi) is 5.84. The number of hydrogen-bond acceptors (Lipinski definition) is 2. The van der Waals surface area contributed by atoms with E-state index in [9.17, 15) is 0 Å². The van der Waals surface area contributed by atoms with Crippen molar-refractivity contribution >= 4 is 16.9 Å². The van der Waals surface area contributed by atoms with Gasteiger partial charge >= 0.3 is 0 Å². The SMILES string of the molecule is CCC1(C)CSC(=NC(C)CCCC(C)C)N1. The molecule has 1 saturated heterocycles. The van der Waals surface area contributed by atoms with Gasteiger partial charge in [-0.3, -0.25) is 4.99 Å². The zero-order chi connectivity index (χ0) is 12.9. The number of aliphatic imine (C=N–C) groups is 1. The van der Waals surface area contributed by atoms with E-state index in [1.807, 2.05) is 11.8 Å². The lowest BCUT2D eigenvalue weighted by atomic mass is 10.0. The molecule has 1 heterocycles. The molecular weight excluding hydrogens is 228 g/mol. The number of thioether (sulfide) groups is 1. The van der Waals surface area contributed by atoms with Gasteiger partial charge in [0.15, 0.2) is 5.17 Å². The maximum Gasteiger partial charge on any atom is 0.157 e. The second-order valence-corrected chi connectivity index (χ2v) is 6.90. The summed E-state index contributed by atoms with van der Waals surface area (Å²) in [5, 5.41) is 4.72. The van der Waals surface area contributed by atoms with Crippen LogP contribution in [0.1, 0.15) is 60.3 Å². The molecule has 2 unspecified atom stereocenters. The molecule has 17 heavy (non-hydrogen) atoms. The summed E-state index contributed by atoms with van der Waals surface area (Å²) in [4.78, 5) is 4.78. The molecule has 0 radical (unpaired) electrons. The van der Waals surface area contributed by atoms with E-state index in [2.05, 4.69) is 39.9 Å². The monoisotopic (exact) mass is 256 g/mol. The standard InChI is InChI=1S/C14H28N2S/c1-6-14(5)10-17-13(16-14)15-12(4)9-7-8-11(2)3/h11-12H,6-10H2,1-5H3,(H,15,16). The molecule has 100 valence electrons. The van der Waals surface area contributed by atoms with Crippen molar-refractivity contribution in [2.75, 3.05) is 5.75 Å². The molecule has 2 atom stereocenters. The molecule has 0 aromatic carbocycles. The second kappa shape index (κ2) is 6.67. The molecule has 1 N–H and O–H groups in total. The summed E-state index contributed by atoms with van der Waals surface area (Å²) in [6.45, 7) is 11.3. The zero-order valence-electron chi connectivity index (χ0n) is 12.0. The minimum absolute atomic E-state index is 0.265. The fourth-order valence-electron chi connectivity index (χ4n) is 1.90. The molecule has 0 aromatic rings. The number of nitrogens with one attached hydrogen (secondary N) is 1. The van der Waals surface area contributed by atoms with Crippen LogP contribution in [0.25, 0.3) is 0 Å². The van der Waals surface area contributed by atoms with E-state index in [0.29, 0.717) is 6.04 Å². The number of amidine groups is 1. The summed E-state index contributed by atoms with van der Waals surface area (Å²) < 4.78 is 0. The molecule has 0 saturated carbocycles. The maximum atomic E-state index is 4.78. The summed E-state index contributed by atoms with van der Waals surface area (Å²) in [5.74, 6) is 1.97. The van der Waals surface area contributed by atoms with Crippen molar-refractivity contribution in [3.8, 4) is 0 Å². The van der Waals surface area contributed by atoms with E-state index in [0.717, 1.165) is 16.8 Å². The Bertz CT molecular complexity index is 263. The van der Waals surface area contributed by atoms with Gasteiger partial charge in [-0.1, -0.05) is 45.4 Å². The lowest BCUT2D eigenvalue weighted by Gasteiger charge is -2.21. The van der Waals surface area contributed by atoms with Crippen LogP contribution in [0, 0.1) is 5.92 Å². The van der Waals surface area contributed by atoms with Crippen LogP contribution in [0.3, 0.4) is 0 Å². The Hall–Kier alpha value is -0.180. The minimum atomic E-state index is 0.265. The molecule has 0 spiro atoms. The Morgan fingerprint density at radius 1 is 1.35 bits per heavy atom. The van der Waals surface area contributed by atoms with Crippen LogP contribution in [0.2, 0.25) is 0 Å². The van der Waals surface area contributed by atoms with Crippen molar-refractivity contribution in [2.45, 2.75) is 71.9 Å². The van der Waals surface area contributed by atoms with Gasteiger partial charge in [-0.2, -0.15) is 0 Å². The molecule has 1 fully saturated rings. The lowest BCUT2D eigenvalue weighted by Crippen LogP contribution is -2.39. The van der Waals surface area contributed by atoms with Gasteiger partial charge in [-0.15, -0.1) is 0 Å². The highest BCUT2D eigenvalue weighted by Gasteiger charge is 2.30. The Balaban J connectivity index is 2.32. The van der Waals surface area contributed by atoms with Gasteiger partial charge < -0.3 is 5.32 Å². The first kappa shape index (κ1) is 14.9. The van der Waals surface area contributed by atoms with Crippen LogP contribution in [0.15, 0.2) is 4.99 Å². The molecule has 3 heteroatoms. The first-order valence-corrected chi connectivity index (χ1v) is 7.92. The largest absolute Gasteiger partial charge is 0.359 e. The van der Waals surface area contributed by atoms with E-state index in [1.165, 1.54) is 25.7 Å². The van der Waals surface area contributed by atoms with Crippen molar-refractivity contribution in [3.63, 3.8) is 0 Å². The van der Waals surface area contributed by atoms with Gasteiger partial charge in [0.25, 0.3) is 0 Å². The van der Waals surface area contributed by atoms with Crippen LogP contribution in [-0.4, -0.2) is 22.5 Å². The summed E-state index contributed by atoms with van der Waals surface area (Å²) in [7, 11) is 0. The topological polar surface area (TPSA) is 24.4 Å². The van der Waals surface area contributed by atoms with E-state index >= 15 is 0 Å². The first-order chi connectivity index (χ1) is 7.95. The highest BCUT2D eigenvalue weighted by molar-refractivity contribution is 8.14. The summed E-state index contributed by atoms with van der Waals surface area (Å²) in [5.41, 5.74) is 0.265. The van der Waals surface area contributed by atoms with Gasteiger partial charge in [0.05, 0.1) is 0 Å². The average molecular weight is 256 g/mol. The van der Waals surface area contributed by atoms with Gasteiger partial charge in [-0.05, 0) is 32.6 Å². The molecule has 0 aliphatic carbocycles. The molecule has 0 amide bonds. The number of hydrogen-bond donors (Lipinski definition) is 1. The van der Waals surface area contributed by atoms with Crippen molar-refractivity contribution in [1.29, 1.82) is 0 Å². The first-order valence-electron chi connectivity index (χ1n) is 6.94. The van der Waals surface area contributed by atoms with Crippen molar-refractivity contribution in [2.24, 2.45) is 10.9 Å². The number of nitrogens with zero attached hydrogens (tertiary/aromatic N) is 1. The summed E-state index contributed by atoms with van der Waals surface area (Å²) >= 11 is 1.88. The molecule has 1 aliphatic rings.